The molecular formula is C11H11Cl3N2O2. The fourth-order valence-corrected chi connectivity index (χ4v) is 1.54. The van der Waals surface area contributed by atoms with Gasteiger partial charge in [0.15, 0.2) is 0 Å². The molecule has 0 bridgehead atoms. The molecule has 1 aromatic rings. The van der Waals surface area contributed by atoms with Crippen molar-refractivity contribution in [3.8, 4) is 0 Å². The largest absolute Gasteiger partial charge is 0.348 e. The normalized spacial score (nSPS) is 9.94. The van der Waals surface area contributed by atoms with Crippen molar-refractivity contribution in [1.29, 1.82) is 0 Å². The second-order valence-electron chi connectivity index (χ2n) is 3.38. The molecule has 98 valence electrons. The lowest BCUT2D eigenvalue weighted by Gasteiger charge is -2.06. The molecule has 1 rings (SSSR count). The molecule has 0 spiro atoms. The van der Waals surface area contributed by atoms with Gasteiger partial charge in [-0.1, -0.05) is 23.2 Å². The molecule has 0 aromatic heterocycles. The van der Waals surface area contributed by atoms with E-state index in [2.05, 4.69) is 10.6 Å². The molecule has 0 atom stereocenters. The summed E-state index contributed by atoms with van der Waals surface area (Å²) in [7, 11) is 0. The molecule has 4 nitrogen and oxygen atoms in total. The first-order chi connectivity index (χ1) is 8.54. The lowest BCUT2D eigenvalue weighted by atomic mass is 10.3. The van der Waals surface area contributed by atoms with Crippen molar-refractivity contribution in [1.82, 2.24) is 5.32 Å². The number of benzene rings is 1. The second-order valence-corrected chi connectivity index (χ2v) is 4.57. The van der Waals surface area contributed by atoms with Gasteiger partial charge in [0.1, 0.15) is 0 Å². The third-order valence-electron chi connectivity index (χ3n) is 1.98. The predicted octanol–water partition coefficient (Wildman–Crippen LogP) is 2.68. The van der Waals surface area contributed by atoms with Crippen LogP contribution in [-0.4, -0.2) is 24.2 Å². The number of halogens is 3. The van der Waals surface area contributed by atoms with Crippen molar-refractivity contribution < 1.29 is 9.59 Å². The summed E-state index contributed by atoms with van der Waals surface area (Å²) in [6.45, 7) is 0.358. The van der Waals surface area contributed by atoms with Crippen LogP contribution < -0.4 is 10.6 Å². The minimum atomic E-state index is -0.761. The van der Waals surface area contributed by atoms with E-state index in [4.69, 9.17) is 34.8 Å². The van der Waals surface area contributed by atoms with Crippen LogP contribution in [0.25, 0.3) is 0 Å². The van der Waals surface area contributed by atoms with Gasteiger partial charge in [0.25, 0.3) is 0 Å². The van der Waals surface area contributed by atoms with Gasteiger partial charge in [-0.05, 0) is 24.6 Å². The van der Waals surface area contributed by atoms with Gasteiger partial charge in [-0.25, -0.2) is 0 Å². The molecule has 0 aliphatic heterocycles. The van der Waals surface area contributed by atoms with Gasteiger partial charge in [-0.15, -0.1) is 11.6 Å². The third kappa shape index (κ3) is 4.72. The Hall–Kier alpha value is -0.970. The summed E-state index contributed by atoms with van der Waals surface area (Å²) in [6.07, 6.45) is 0.605. The molecule has 7 heteroatoms. The maximum absolute atomic E-state index is 11.5. The first kappa shape index (κ1) is 15.1. The van der Waals surface area contributed by atoms with E-state index in [9.17, 15) is 9.59 Å². The lowest BCUT2D eigenvalue weighted by molar-refractivity contribution is -0.136. The molecule has 1 aromatic carbocycles. The standard InChI is InChI=1S/C11H11Cl3N2O2/c12-4-1-5-15-10(17)11(18)16-7-2-3-8(13)9(14)6-7/h2-3,6H,1,4-5H2,(H,15,17)(H,16,18). The number of alkyl halides is 1. The van der Waals surface area contributed by atoms with E-state index in [1.807, 2.05) is 0 Å². The Bertz CT molecular complexity index is 452. The van der Waals surface area contributed by atoms with Crippen LogP contribution >= 0.6 is 34.8 Å². The van der Waals surface area contributed by atoms with Gasteiger partial charge in [-0.2, -0.15) is 0 Å². The minimum absolute atomic E-state index is 0.303. The smallest absolute Gasteiger partial charge is 0.313 e. The Morgan fingerprint density at radius 1 is 1.11 bits per heavy atom. The highest BCUT2D eigenvalue weighted by Crippen LogP contribution is 2.24. The molecule has 0 unspecified atom stereocenters. The first-order valence-corrected chi connectivity index (χ1v) is 6.44. The molecule has 0 aliphatic rings. The number of rotatable bonds is 4. The summed E-state index contributed by atoms with van der Waals surface area (Å²) >= 11 is 17.0. The topological polar surface area (TPSA) is 58.2 Å². The zero-order valence-electron chi connectivity index (χ0n) is 9.30. The van der Waals surface area contributed by atoms with Crippen LogP contribution in [0.15, 0.2) is 18.2 Å². The Morgan fingerprint density at radius 3 is 2.44 bits per heavy atom. The Labute approximate surface area is 120 Å². The number of nitrogens with one attached hydrogen (secondary N) is 2. The van der Waals surface area contributed by atoms with E-state index in [-0.39, 0.29) is 0 Å². The molecule has 0 saturated heterocycles. The fourth-order valence-electron chi connectivity index (χ4n) is 1.11. The molecule has 0 heterocycles. The Morgan fingerprint density at radius 2 is 1.83 bits per heavy atom. The Kier molecular flexibility index (Phi) is 6.25. The van der Waals surface area contributed by atoms with Crippen molar-refractivity contribution in [2.24, 2.45) is 0 Å². The van der Waals surface area contributed by atoms with Crippen molar-refractivity contribution in [2.75, 3.05) is 17.7 Å². The number of carbonyl (C=O) groups is 2. The summed E-state index contributed by atoms with van der Waals surface area (Å²) in [5.74, 6) is -1.05. The van der Waals surface area contributed by atoms with Gasteiger partial charge >= 0.3 is 11.8 Å². The first-order valence-electron chi connectivity index (χ1n) is 5.15. The van der Waals surface area contributed by atoms with Crippen LogP contribution in [0.3, 0.4) is 0 Å². The van der Waals surface area contributed by atoms with E-state index in [1.54, 1.807) is 6.07 Å². The number of anilines is 1. The van der Waals surface area contributed by atoms with E-state index >= 15 is 0 Å². The summed E-state index contributed by atoms with van der Waals surface area (Å²) in [5, 5.41) is 5.52. The van der Waals surface area contributed by atoms with E-state index in [1.165, 1.54) is 12.1 Å². The SMILES string of the molecule is O=C(NCCCCl)C(=O)Nc1ccc(Cl)c(Cl)c1. The number of carbonyl (C=O) groups excluding carboxylic acids is 2. The quantitative estimate of drug-likeness (QED) is 0.510. The highest BCUT2D eigenvalue weighted by atomic mass is 35.5. The van der Waals surface area contributed by atoms with Crippen molar-refractivity contribution in [2.45, 2.75) is 6.42 Å². The van der Waals surface area contributed by atoms with Gasteiger partial charge < -0.3 is 10.6 Å². The molecule has 18 heavy (non-hydrogen) atoms. The monoisotopic (exact) mass is 308 g/mol. The van der Waals surface area contributed by atoms with Gasteiger partial charge in [-0.3, -0.25) is 9.59 Å². The zero-order valence-corrected chi connectivity index (χ0v) is 11.6. The predicted molar refractivity (Wildman–Crippen MR) is 73.4 cm³/mol. The average Bonchev–Trinajstić information content (AvgIpc) is 2.34. The molecule has 0 saturated carbocycles. The maximum Gasteiger partial charge on any atom is 0.313 e. The summed E-state index contributed by atoms with van der Waals surface area (Å²) in [5.41, 5.74) is 0.405. The minimum Gasteiger partial charge on any atom is -0.348 e. The van der Waals surface area contributed by atoms with Crippen LogP contribution in [0.5, 0.6) is 0 Å². The van der Waals surface area contributed by atoms with Gasteiger partial charge in [0.2, 0.25) is 0 Å². The summed E-state index contributed by atoms with van der Waals surface area (Å²) in [4.78, 5) is 22.8. The molecular weight excluding hydrogens is 298 g/mol. The molecule has 0 aliphatic carbocycles. The molecule has 0 radical (unpaired) electrons. The zero-order chi connectivity index (χ0) is 13.5. The lowest BCUT2D eigenvalue weighted by Crippen LogP contribution is -2.36. The number of amides is 2. The highest BCUT2D eigenvalue weighted by molar-refractivity contribution is 6.42. The van der Waals surface area contributed by atoms with E-state index in [0.717, 1.165) is 0 Å². The van der Waals surface area contributed by atoms with Crippen LogP contribution in [0, 0.1) is 0 Å². The third-order valence-corrected chi connectivity index (χ3v) is 2.99. The fraction of sp³-hybridized carbons (Fsp3) is 0.273. The Balaban J connectivity index is 2.53. The molecule has 2 N–H and O–H groups in total. The second kappa shape index (κ2) is 7.46. The van der Waals surface area contributed by atoms with Gasteiger partial charge in [0, 0.05) is 18.1 Å². The van der Waals surface area contributed by atoms with Crippen LogP contribution in [-0.2, 0) is 9.59 Å². The highest BCUT2D eigenvalue weighted by Gasteiger charge is 2.13. The maximum atomic E-state index is 11.5. The van der Waals surface area contributed by atoms with E-state index < -0.39 is 11.8 Å². The average molecular weight is 310 g/mol. The number of hydrogen-bond donors (Lipinski definition) is 2. The van der Waals surface area contributed by atoms with Crippen molar-refractivity contribution >= 4 is 52.3 Å². The van der Waals surface area contributed by atoms with Gasteiger partial charge in [0.05, 0.1) is 10.0 Å². The van der Waals surface area contributed by atoms with Crippen LogP contribution in [0.4, 0.5) is 5.69 Å². The summed E-state index contributed by atoms with van der Waals surface area (Å²) in [6, 6.07) is 4.55. The van der Waals surface area contributed by atoms with Crippen LogP contribution in [0.2, 0.25) is 10.0 Å². The molecule has 2 amide bonds. The number of hydrogen-bond acceptors (Lipinski definition) is 2. The van der Waals surface area contributed by atoms with Crippen LogP contribution in [0.1, 0.15) is 6.42 Å². The molecule has 0 fully saturated rings. The van der Waals surface area contributed by atoms with Crippen molar-refractivity contribution in [3.63, 3.8) is 0 Å². The van der Waals surface area contributed by atoms with E-state index in [0.29, 0.717) is 34.6 Å². The van der Waals surface area contributed by atoms with Crippen molar-refractivity contribution in [3.05, 3.63) is 28.2 Å². The summed E-state index contributed by atoms with van der Waals surface area (Å²) < 4.78 is 0.